The third kappa shape index (κ3) is 2.26. The fourth-order valence-electron chi connectivity index (χ4n) is 1.76. The van der Waals surface area contributed by atoms with Crippen molar-refractivity contribution in [1.82, 2.24) is 0 Å². The van der Waals surface area contributed by atoms with Gasteiger partial charge in [0.2, 0.25) is 0 Å². The van der Waals surface area contributed by atoms with Crippen LogP contribution in [0.3, 0.4) is 0 Å². The normalized spacial score (nSPS) is 15.4. The van der Waals surface area contributed by atoms with Gasteiger partial charge in [0.1, 0.15) is 0 Å². The molecule has 2 rings (SSSR count). The summed E-state index contributed by atoms with van der Waals surface area (Å²) in [6, 6.07) is 6.94. The highest BCUT2D eigenvalue weighted by Crippen LogP contribution is 2.21. The lowest BCUT2D eigenvalue weighted by Gasteiger charge is -2.12. The standard InChI is InChI=1S/C15H14O2/c1-10(2)7-8-11-9-14(16)12-5-3-4-6-13(12)15(11)17/h3-10H,1-2H3. The molecule has 0 saturated heterocycles. The lowest BCUT2D eigenvalue weighted by molar-refractivity contribution is 0.0987. The maximum atomic E-state index is 12.1. The molecule has 0 spiro atoms. The molecule has 0 heterocycles. The highest BCUT2D eigenvalue weighted by atomic mass is 16.1. The molecule has 2 heteroatoms. The van der Waals surface area contributed by atoms with Gasteiger partial charge in [0.15, 0.2) is 11.6 Å². The smallest absolute Gasteiger partial charge is 0.193 e. The maximum absolute atomic E-state index is 12.1. The van der Waals surface area contributed by atoms with E-state index in [-0.39, 0.29) is 11.6 Å². The van der Waals surface area contributed by atoms with Gasteiger partial charge in [-0.1, -0.05) is 50.3 Å². The molecule has 0 saturated carbocycles. The summed E-state index contributed by atoms with van der Waals surface area (Å²) < 4.78 is 0. The van der Waals surface area contributed by atoms with Gasteiger partial charge in [0.25, 0.3) is 0 Å². The first-order valence-corrected chi connectivity index (χ1v) is 5.67. The molecule has 0 aromatic heterocycles. The van der Waals surface area contributed by atoms with Crippen LogP contribution in [-0.4, -0.2) is 11.6 Å². The van der Waals surface area contributed by atoms with Crippen molar-refractivity contribution in [3.8, 4) is 0 Å². The van der Waals surface area contributed by atoms with Crippen molar-refractivity contribution < 1.29 is 9.59 Å². The van der Waals surface area contributed by atoms with Crippen molar-refractivity contribution in [2.24, 2.45) is 5.92 Å². The Labute approximate surface area is 101 Å². The molecule has 1 aliphatic carbocycles. The summed E-state index contributed by atoms with van der Waals surface area (Å²) in [5.74, 6) is 0.191. The molecule has 1 aliphatic rings. The lowest BCUT2D eigenvalue weighted by Crippen LogP contribution is -2.15. The quantitative estimate of drug-likeness (QED) is 0.776. The van der Waals surface area contributed by atoms with Crippen LogP contribution >= 0.6 is 0 Å². The molecule has 0 radical (unpaired) electrons. The van der Waals surface area contributed by atoms with Crippen LogP contribution in [0.4, 0.5) is 0 Å². The highest BCUT2D eigenvalue weighted by molar-refractivity contribution is 6.25. The summed E-state index contributed by atoms with van der Waals surface area (Å²) in [5, 5.41) is 0. The zero-order chi connectivity index (χ0) is 12.4. The van der Waals surface area contributed by atoms with E-state index >= 15 is 0 Å². The number of rotatable bonds is 2. The molecule has 0 fully saturated rings. The second kappa shape index (κ2) is 4.50. The first kappa shape index (κ1) is 11.5. The minimum Gasteiger partial charge on any atom is -0.289 e. The molecule has 86 valence electrons. The van der Waals surface area contributed by atoms with Gasteiger partial charge >= 0.3 is 0 Å². The number of fused-ring (bicyclic) bond motifs is 1. The number of benzene rings is 1. The Kier molecular flexibility index (Phi) is 3.05. The van der Waals surface area contributed by atoms with Crippen LogP contribution < -0.4 is 0 Å². The van der Waals surface area contributed by atoms with Gasteiger partial charge in [0.05, 0.1) is 0 Å². The van der Waals surface area contributed by atoms with Gasteiger partial charge in [-0.15, -0.1) is 0 Å². The first-order chi connectivity index (χ1) is 8.09. The number of carbonyl (C=O) groups is 2. The van der Waals surface area contributed by atoms with Crippen LogP contribution in [-0.2, 0) is 0 Å². The second-order valence-corrected chi connectivity index (χ2v) is 4.44. The predicted octanol–water partition coefficient (Wildman–Crippen LogP) is 3.20. The summed E-state index contributed by atoms with van der Waals surface area (Å²) in [4.78, 5) is 23.9. The van der Waals surface area contributed by atoms with E-state index in [4.69, 9.17) is 0 Å². The van der Waals surface area contributed by atoms with E-state index in [1.165, 1.54) is 6.08 Å². The van der Waals surface area contributed by atoms with E-state index < -0.39 is 0 Å². The summed E-state index contributed by atoms with van der Waals surface area (Å²) in [6.07, 6.45) is 5.08. The molecular weight excluding hydrogens is 212 g/mol. The number of ketones is 2. The molecule has 17 heavy (non-hydrogen) atoms. The Morgan fingerprint density at radius 1 is 1.06 bits per heavy atom. The predicted molar refractivity (Wildman–Crippen MR) is 67.2 cm³/mol. The van der Waals surface area contributed by atoms with Crippen LogP contribution in [0.25, 0.3) is 0 Å². The van der Waals surface area contributed by atoms with E-state index in [0.717, 1.165) is 0 Å². The van der Waals surface area contributed by atoms with Gasteiger partial charge in [-0.25, -0.2) is 0 Å². The average molecular weight is 226 g/mol. The van der Waals surface area contributed by atoms with Crippen LogP contribution in [0.15, 0.2) is 48.1 Å². The van der Waals surface area contributed by atoms with Crippen LogP contribution in [0.2, 0.25) is 0 Å². The number of hydrogen-bond donors (Lipinski definition) is 0. The summed E-state index contributed by atoms with van der Waals surface area (Å²) in [7, 11) is 0. The van der Waals surface area contributed by atoms with Gasteiger partial charge in [-0.2, -0.15) is 0 Å². The van der Waals surface area contributed by atoms with E-state index in [1.54, 1.807) is 30.3 Å². The third-order valence-electron chi connectivity index (χ3n) is 2.65. The van der Waals surface area contributed by atoms with E-state index in [0.29, 0.717) is 22.6 Å². The third-order valence-corrected chi connectivity index (χ3v) is 2.65. The largest absolute Gasteiger partial charge is 0.289 e. The molecule has 0 amide bonds. The van der Waals surface area contributed by atoms with Crippen molar-refractivity contribution in [3.05, 3.63) is 59.2 Å². The molecule has 0 unspecified atom stereocenters. The first-order valence-electron chi connectivity index (χ1n) is 5.67. The molecule has 0 aliphatic heterocycles. The Morgan fingerprint density at radius 2 is 1.71 bits per heavy atom. The van der Waals surface area contributed by atoms with E-state index in [9.17, 15) is 9.59 Å². The minimum absolute atomic E-state index is 0.0721. The number of Topliss-reactive ketones (excluding diaryl/α,β-unsaturated/α-hetero) is 1. The molecule has 0 atom stereocenters. The van der Waals surface area contributed by atoms with Gasteiger partial charge in [-0.05, 0) is 12.0 Å². The number of carbonyl (C=O) groups excluding carboxylic acids is 2. The van der Waals surface area contributed by atoms with Crippen molar-refractivity contribution in [3.63, 3.8) is 0 Å². The van der Waals surface area contributed by atoms with Gasteiger partial charge in [-0.3, -0.25) is 9.59 Å². The Balaban J connectivity index is 2.42. The lowest BCUT2D eigenvalue weighted by atomic mass is 9.89. The monoisotopic (exact) mass is 226 g/mol. The van der Waals surface area contributed by atoms with Crippen molar-refractivity contribution in [2.75, 3.05) is 0 Å². The van der Waals surface area contributed by atoms with Crippen LogP contribution in [0.1, 0.15) is 34.6 Å². The van der Waals surface area contributed by atoms with Crippen LogP contribution in [0.5, 0.6) is 0 Å². The Bertz CT molecular complexity index is 534. The molecule has 0 N–H and O–H groups in total. The van der Waals surface area contributed by atoms with Gasteiger partial charge in [0, 0.05) is 16.7 Å². The molecular formula is C15H14O2. The number of allylic oxidation sites excluding steroid dienone is 4. The van der Waals surface area contributed by atoms with E-state index in [1.807, 2.05) is 19.9 Å². The maximum Gasteiger partial charge on any atom is 0.193 e. The van der Waals surface area contributed by atoms with E-state index in [2.05, 4.69) is 0 Å². The molecule has 1 aromatic rings. The Hall–Kier alpha value is -1.96. The van der Waals surface area contributed by atoms with Crippen molar-refractivity contribution in [1.29, 1.82) is 0 Å². The minimum atomic E-state index is -0.0939. The summed E-state index contributed by atoms with van der Waals surface area (Å²) in [5.41, 5.74) is 1.48. The summed E-state index contributed by atoms with van der Waals surface area (Å²) in [6.45, 7) is 4.06. The fraction of sp³-hybridized carbons (Fsp3) is 0.200. The molecule has 0 bridgehead atoms. The topological polar surface area (TPSA) is 34.1 Å². The fourth-order valence-corrected chi connectivity index (χ4v) is 1.76. The zero-order valence-electron chi connectivity index (χ0n) is 9.94. The van der Waals surface area contributed by atoms with Crippen molar-refractivity contribution in [2.45, 2.75) is 13.8 Å². The average Bonchev–Trinajstić information content (AvgIpc) is 2.32. The molecule has 2 nitrogen and oxygen atoms in total. The zero-order valence-corrected chi connectivity index (χ0v) is 9.94. The van der Waals surface area contributed by atoms with Gasteiger partial charge < -0.3 is 0 Å². The molecule has 1 aromatic carbocycles. The summed E-state index contributed by atoms with van der Waals surface area (Å²) >= 11 is 0. The Morgan fingerprint density at radius 3 is 2.35 bits per heavy atom. The number of hydrogen-bond acceptors (Lipinski definition) is 2. The highest BCUT2D eigenvalue weighted by Gasteiger charge is 2.23. The van der Waals surface area contributed by atoms with Crippen molar-refractivity contribution >= 4 is 11.6 Å². The second-order valence-electron chi connectivity index (χ2n) is 4.44. The SMILES string of the molecule is CC(C)C=CC1=CC(=O)c2ccccc2C1=O. The van der Waals surface area contributed by atoms with Crippen LogP contribution in [0, 0.1) is 5.92 Å².